The summed E-state index contributed by atoms with van der Waals surface area (Å²) in [5, 5.41) is 3.33. The van der Waals surface area contributed by atoms with E-state index in [1.807, 2.05) is 0 Å². The van der Waals surface area contributed by atoms with Gasteiger partial charge in [0.2, 0.25) is 0 Å². The maximum atomic E-state index is 11.4. The van der Waals surface area contributed by atoms with Crippen LogP contribution < -0.4 is 0 Å². The second kappa shape index (κ2) is 15.7. The quantitative estimate of drug-likeness (QED) is 0.133. The van der Waals surface area contributed by atoms with E-state index in [0.29, 0.717) is 52.8 Å². The molecule has 8 radical (unpaired) electrons. The average molecular weight is 368 g/mol. The first-order valence-corrected chi connectivity index (χ1v) is 7.80. The number of amides is 1. The van der Waals surface area contributed by atoms with Crippen molar-refractivity contribution in [2.45, 2.75) is 5.60 Å². The van der Waals surface area contributed by atoms with E-state index >= 15 is 0 Å². The number of rotatable bonds is 16. The van der Waals surface area contributed by atoms with Gasteiger partial charge in [-0.2, -0.15) is 0 Å². The fourth-order valence-electron chi connectivity index (χ4n) is 1.38. The molecule has 0 aliphatic rings. The van der Waals surface area contributed by atoms with Gasteiger partial charge in [0.05, 0.1) is 59.9 Å². The molecule has 1 amide bonds. The van der Waals surface area contributed by atoms with Crippen LogP contribution in [0.5, 0.6) is 0 Å². The van der Waals surface area contributed by atoms with E-state index < -0.39 is 11.7 Å². The van der Waals surface area contributed by atoms with Crippen LogP contribution in [-0.2, 0) is 23.7 Å². The van der Waals surface area contributed by atoms with Crippen molar-refractivity contribution < 1.29 is 28.5 Å². The van der Waals surface area contributed by atoms with E-state index in [1.165, 1.54) is 0 Å². The van der Waals surface area contributed by atoms with E-state index in [0.717, 1.165) is 4.90 Å². The third-order valence-electron chi connectivity index (χ3n) is 2.49. The van der Waals surface area contributed by atoms with Crippen molar-refractivity contribution >= 4 is 6.09 Å². The molecule has 0 saturated heterocycles. The Balaban J connectivity index is 3.31. The molecule has 0 N–H and O–H groups in total. The topological polar surface area (TPSA) is 115 Å². The molecule has 0 heterocycles. The molecule has 0 aromatic carbocycles. The number of carbonyl (C=O) groups excluding carboxylic acids is 1. The number of hydrogen-bond acceptors (Lipinski definition) is 7. The summed E-state index contributed by atoms with van der Waals surface area (Å²) in [6.07, 6.45) is -0.962. The highest BCUT2D eigenvalue weighted by molar-refractivity contribution is 5.68. The average Bonchev–Trinajstić information content (AvgIpc) is 2.56. The second-order valence-electron chi connectivity index (χ2n) is 4.82. The highest BCUT2D eigenvalue weighted by Gasteiger charge is 2.20. The number of azide groups is 1. The van der Waals surface area contributed by atoms with Crippen molar-refractivity contribution in [2.75, 3.05) is 65.9 Å². The fourth-order valence-corrected chi connectivity index (χ4v) is 1.38. The molecule has 0 fully saturated rings. The number of carbonyl (C=O) groups is 1. The molecule has 0 saturated carbocycles. The molecular weight excluding hydrogens is 344 g/mol. The monoisotopic (exact) mass is 368 g/mol. The lowest BCUT2D eigenvalue weighted by Crippen LogP contribution is -2.35. The van der Waals surface area contributed by atoms with Crippen LogP contribution in [0.15, 0.2) is 5.11 Å². The first kappa shape index (κ1) is 24.4. The van der Waals surface area contributed by atoms with Crippen LogP contribution in [0.1, 0.15) is 0 Å². The molecule has 0 atom stereocenters. The maximum absolute atomic E-state index is 11.4. The van der Waals surface area contributed by atoms with E-state index in [2.05, 4.69) is 14.8 Å². The lowest BCUT2D eigenvalue weighted by Gasteiger charge is -2.23. The minimum atomic E-state index is -2.08. The first-order chi connectivity index (χ1) is 12.4. The molecule has 0 spiro atoms. The number of ether oxygens (including phenoxy) is 5. The summed E-state index contributed by atoms with van der Waals surface area (Å²) >= 11 is 0. The van der Waals surface area contributed by atoms with Crippen LogP contribution in [0.2, 0.25) is 0 Å². The van der Waals surface area contributed by atoms with Crippen molar-refractivity contribution in [3.63, 3.8) is 0 Å². The Morgan fingerprint density at radius 3 is 1.85 bits per heavy atom. The van der Waals surface area contributed by atoms with Gasteiger partial charge in [0.15, 0.2) is 0 Å². The summed E-state index contributed by atoms with van der Waals surface area (Å²) in [6.45, 7) is 18.6. The zero-order chi connectivity index (χ0) is 19.7. The lowest BCUT2D eigenvalue weighted by atomic mass is 10.2. The van der Waals surface area contributed by atoms with Gasteiger partial charge < -0.3 is 23.7 Å². The van der Waals surface area contributed by atoms with Gasteiger partial charge in [0, 0.05) is 38.8 Å². The Bertz CT molecular complexity index is 410. The van der Waals surface area contributed by atoms with Gasteiger partial charge in [-0.05, 0) is 5.53 Å². The van der Waals surface area contributed by atoms with Gasteiger partial charge in [-0.1, -0.05) is 5.11 Å². The van der Waals surface area contributed by atoms with Gasteiger partial charge in [-0.3, -0.25) is 4.90 Å². The minimum Gasteiger partial charge on any atom is -0.442 e. The molecule has 0 rings (SSSR count). The summed E-state index contributed by atoms with van der Waals surface area (Å²) in [6, 6.07) is 0. The standard InChI is InChI=1S/C16H24N4O6/c1-16(2,3)26-15(21)20(4)6-8-23-10-12-25-14-13-24-11-9-22-7-5-18-19-17/h1-4H,5-14H2. The molecule has 10 heteroatoms. The van der Waals surface area contributed by atoms with Crippen LogP contribution in [0.3, 0.4) is 0 Å². The third kappa shape index (κ3) is 17.2. The summed E-state index contributed by atoms with van der Waals surface area (Å²) in [5.41, 5.74) is 5.98. The lowest BCUT2D eigenvalue weighted by molar-refractivity contribution is -0.00284. The number of nitrogens with zero attached hydrogens (tertiary/aromatic N) is 4. The number of hydrogen-bond donors (Lipinski definition) is 0. The summed E-state index contributed by atoms with van der Waals surface area (Å²) in [5.74, 6) is 0. The Hall–Kier alpha value is -1.58. The van der Waals surface area contributed by atoms with Gasteiger partial charge in [-0.25, -0.2) is 4.79 Å². The van der Waals surface area contributed by atoms with E-state index in [9.17, 15) is 4.79 Å². The summed E-state index contributed by atoms with van der Waals surface area (Å²) < 4.78 is 25.4. The summed E-state index contributed by atoms with van der Waals surface area (Å²) in [4.78, 5) is 14.7. The predicted molar refractivity (Wildman–Crippen MR) is 90.4 cm³/mol. The molecule has 0 aliphatic carbocycles. The van der Waals surface area contributed by atoms with E-state index in [1.54, 1.807) is 0 Å². The second-order valence-corrected chi connectivity index (χ2v) is 4.82. The molecule has 0 bridgehead atoms. The molecule has 0 unspecified atom stereocenters. The molecule has 0 aliphatic heterocycles. The Morgan fingerprint density at radius 1 is 0.923 bits per heavy atom. The van der Waals surface area contributed by atoms with Gasteiger partial charge in [0.25, 0.3) is 0 Å². The van der Waals surface area contributed by atoms with E-state index in [4.69, 9.17) is 52.3 Å². The first-order valence-electron chi connectivity index (χ1n) is 7.80. The fraction of sp³-hybridized carbons (Fsp3) is 0.688. The predicted octanol–water partition coefficient (Wildman–Crippen LogP) is 1.34. The molecule has 144 valence electrons. The van der Waals surface area contributed by atoms with Gasteiger partial charge in [0.1, 0.15) is 5.60 Å². The van der Waals surface area contributed by atoms with E-state index in [-0.39, 0.29) is 13.2 Å². The molecule has 0 aromatic heterocycles. The van der Waals surface area contributed by atoms with Crippen LogP contribution >= 0.6 is 0 Å². The van der Waals surface area contributed by atoms with Crippen LogP contribution in [-0.4, -0.2) is 82.5 Å². The molecule has 10 nitrogen and oxygen atoms in total. The van der Waals surface area contributed by atoms with Crippen molar-refractivity contribution in [3.8, 4) is 0 Å². The van der Waals surface area contributed by atoms with Crippen LogP contribution in [0, 0.1) is 27.8 Å². The molecule has 26 heavy (non-hydrogen) atoms. The smallest absolute Gasteiger partial charge is 0.410 e. The SMILES string of the molecule is [CH]N(CCOCCOCCOCCOCCN=[N+]=[N-])C(=O)OC([CH])([CH])[CH]. The summed E-state index contributed by atoms with van der Waals surface area (Å²) in [7, 11) is 5.41. The highest BCUT2D eigenvalue weighted by atomic mass is 16.6. The van der Waals surface area contributed by atoms with Gasteiger partial charge in [-0.15, -0.1) is 0 Å². The van der Waals surface area contributed by atoms with Crippen molar-refractivity contribution in [2.24, 2.45) is 5.11 Å². The van der Waals surface area contributed by atoms with Crippen LogP contribution in [0.4, 0.5) is 4.79 Å². The maximum Gasteiger partial charge on any atom is 0.410 e. The normalized spacial score (nSPS) is 11.1. The van der Waals surface area contributed by atoms with Crippen LogP contribution in [0.25, 0.3) is 10.4 Å². The largest absolute Gasteiger partial charge is 0.442 e. The van der Waals surface area contributed by atoms with Crippen molar-refractivity contribution in [1.29, 1.82) is 0 Å². The highest BCUT2D eigenvalue weighted by Crippen LogP contribution is 2.07. The van der Waals surface area contributed by atoms with Crippen molar-refractivity contribution in [1.82, 2.24) is 4.90 Å². The van der Waals surface area contributed by atoms with Crippen molar-refractivity contribution in [3.05, 3.63) is 38.3 Å². The molecule has 0 aromatic rings. The minimum absolute atomic E-state index is 0.0672. The zero-order valence-electron chi connectivity index (χ0n) is 14.6. The Labute approximate surface area is 155 Å². The van der Waals surface area contributed by atoms with Gasteiger partial charge >= 0.3 is 6.09 Å². The zero-order valence-corrected chi connectivity index (χ0v) is 14.6. The third-order valence-corrected chi connectivity index (χ3v) is 2.49. The Morgan fingerprint density at radius 2 is 1.38 bits per heavy atom. The molecular formula is C16H24N4O6. The Kier molecular flexibility index (Phi) is 14.7.